The van der Waals surface area contributed by atoms with Crippen molar-refractivity contribution >= 4 is 5.91 Å². The first-order valence-electron chi connectivity index (χ1n) is 8.91. The van der Waals surface area contributed by atoms with Crippen LogP contribution in [0.2, 0.25) is 0 Å². The van der Waals surface area contributed by atoms with Crippen LogP contribution in [-0.4, -0.2) is 33.9 Å². The van der Waals surface area contributed by atoms with Crippen molar-refractivity contribution in [3.8, 4) is 5.75 Å². The first-order valence-corrected chi connectivity index (χ1v) is 8.91. The largest absolute Gasteiger partial charge is 0.486 e. The number of nitrogens with zero attached hydrogens (tertiary/aromatic N) is 2. The van der Waals surface area contributed by atoms with E-state index in [1.165, 1.54) is 6.20 Å². The minimum atomic E-state index is -0.412. The standard InChI is InChI=1S/C20H21N3O3/c24-19-17(20(25)23-11-14-6-4-5-7-15(14)12-23)10-21-18(22-19)13-26-16-8-2-1-3-9-16/h1-5,8-10,14-15H,6-7,11-13H2,(H,21,22,24)/t14-,15+. The Labute approximate surface area is 151 Å². The number of H-pyrrole nitrogens is 1. The van der Waals surface area contributed by atoms with Gasteiger partial charge in [-0.25, -0.2) is 4.98 Å². The van der Waals surface area contributed by atoms with E-state index in [-0.39, 0.29) is 18.1 Å². The van der Waals surface area contributed by atoms with E-state index in [1.54, 1.807) is 4.90 Å². The zero-order valence-electron chi connectivity index (χ0n) is 14.4. The summed E-state index contributed by atoms with van der Waals surface area (Å²) in [6.45, 7) is 1.57. The summed E-state index contributed by atoms with van der Waals surface area (Å²) in [4.78, 5) is 33.7. The number of hydrogen-bond donors (Lipinski definition) is 1. The third-order valence-electron chi connectivity index (χ3n) is 5.11. The highest BCUT2D eigenvalue weighted by Gasteiger charge is 2.36. The minimum absolute atomic E-state index is 0.0973. The number of aromatic nitrogens is 2. The molecular formula is C20H21N3O3. The van der Waals surface area contributed by atoms with Crippen LogP contribution in [-0.2, 0) is 6.61 Å². The SMILES string of the molecule is O=C(c1cnc(COc2ccccc2)[nH]c1=O)N1C[C@H]2CC=CC[C@H]2C1. The number of carbonyl (C=O) groups excluding carboxylic acids is 1. The summed E-state index contributed by atoms with van der Waals surface area (Å²) in [6.07, 6.45) is 7.76. The molecule has 1 N–H and O–H groups in total. The van der Waals surface area contributed by atoms with Crippen LogP contribution in [0.25, 0.3) is 0 Å². The molecule has 26 heavy (non-hydrogen) atoms. The highest BCUT2D eigenvalue weighted by atomic mass is 16.5. The van der Waals surface area contributed by atoms with Gasteiger partial charge in [-0.1, -0.05) is 30.4 Å². The number of benzene rings is 1. The molecule has 2 heterocycles. The van der Waals surface area contributed by atoms with E-state index < -0.39 is 5.56 Å². The normalized spacial score (nSPS) is 21.5. The molecule has 1 fully saturated rings. The molecule has 2 atom stereocenters. The van der Waals surface area contributed by atoms with Crippen LogP contribution in [0.3, 0.4) is 0 Å². The van der Waals surface area contributed by atoms with Gasteiger partial charge in [0.1, 0.15) is 23.7 Å². The number of ether oxygens (including phenoxy) is 1. The minimum Gasteiger partial charge on any atom is -0.486 e. The molecular weight excluding hydrogens is 330 g/mol. The number of nitrogens with one attached hydrogen (secondary N) is 1. The van der Waals surface area contributed by atoms with Crippen LogP contribution in [0.4, 0.5) is 0 Å². The topological polar surface area (TPSA) is 75.3 Å². The third kappa shape index (κ3) is 3.40. The first-order chi connectivity index (χ1) is 12.7. The van der Waals surface area contributed by atoms with Crippen LogP contribution in [0, 0.1) is 11.8 Å². The molecule has 0 radical (unpaired) electrons. The van der Waals surface area contributed by atoms with E-state index in [9.17, 15) is 9.59 Å². The summed E-state index contributed by atoms with van der Waals surface area (Å²) in [5, 5.41) is 0. The van der Waals surface area contributed by atoms with E-state index in [2.05, 4.69) is 22.1 Å². The molecule has 0 unspecified atom stereocenters. The summed E-state index contributed by atoms with van der Waals surface area (Å²) in [5.41, 5.74) is -0.315. The quantitative estimate of drug-likeness (QED) is 0.858. The van der Waals surface area contributed by atoms with Gasteiger partial charge >= 0.3 is 0 Å². The second kappa shape index (κ2) is 7.15. The summed E-state index contributed by atoms with van der Waals surface area (Å²) in [6, 6.07) is 9.31. The Balaban J connectivity index is 1.43. The number of allylic oxidation sites excluding steroid dienone is 2. The predicted molar refractivity (Wildman–Crippen MR) is 96.9 cm³/mol. The van der Waals surface area contributed by atoms with Gasteiger partial charge in [-0.05, 0) is 36.8 Å². The maximum atomic E-state index is 12.7. The molecule has 2 aromatic rings. The monoisotopic (exact) mass is 351 g/mol. The van der Waals surface area contributed by atoms with Gasteiger partial charge in [0.25, 0.3) is 11.5 Å². The van der Waals surface area contributed by atoms with Crippen molar-refractivity contribution in [2.45, 2.75) is 19.4 Å². The van der Waals surface area contributed by atoms with Gasteiger partial charge < -0.3 is 14.6 Å². The van der Waals surface area contributed by atoms with E-state index >= 15 is 0 Å². The van der Waals surface area contributed by atoms with Crippen molar-refractivity contribution in [1.82, 2.24) is 14.9 Å². The molecule has 1 amide bonds. The fourth-order valence-electron chi connectivity index (χ4n) is 3.68. The predicted octanol–water partition coefficient (Wildman–Crippen LogP) is 2.39. The first kappa shape index (κ1) is 16.6. The van der Waals surface area contributed by atoms with Crippen molar-refractivity contribution in [2.24, 2.45) is 11.8 Å². The van der Waals surface area contributed by atoms with Crippen molar-refractivity contribution in [3.05, 3.63) is 70.4 Å². The zero-order valence-corrected chi connectivity index (χ0v) is 14.4. The van der Waals surface area contributed by atoms with Gasteiger partial charge in [0.2, 0.25) is 0 Å². The maximum Gasteiger partial charge on any atom is 0.263 e. The average Bonchev–Trinajstić information content (AvgIpc) is 3.11. The van der Waals surface area contributed by atoms with E-state index in [1.807, 2.05) is 30.3 Å². The third-order valence-corrected chi connectivity index (χ3v) is 5.11. The molecule has 0 saturated carbocycles. The van der Waals surface area contributed by atoms with Crippen molar-refractivity contribution in [1.29, 1.82) is 0 Å². The van der Waals surface area contributed by atoms with Crippen molar-refractivity contribution in [2.75, 3.05) is 13.1 Å². The number of aromatic amines is 1. The average molecular weight is 351 g/mol. The number of para-hydroxylation sites is 1. The number of carbonyl (C=O) groups is 1. The van der Waals surface area contributed by atoms with E-state index in [4.69, 9.17) is 4.74 Å². The van der Waals surface area contributed by atoms with E-state index in [0.717, 1.165) is 12.8 Å². The lowest BCUT2D eigenvalue weighted by atomic mass is 9.86. The summed E-state index contributed by atoms with van der Waals surface area (Å²) in [7, 11) is 0. The number of likely N-dealkylation sites (tertiary alicyclic amines) is 1. The highest BCUT2D eigenvalue weighted by Crippen LogP contribution is 2.33. The van der Waals surface area contributed by atoms with Crippen LogP contribution < -0.4 is 10.3 Å². The molecule has 0 spiro atoms. The van der Waals surface area contributed by atoms with Crippen molar-refractivity contribution < 1.29 is 9.53 Å². The van der Waals surface area contributed by atoms with Crippen LogP contribution in [0.15, 0.2) is 53.5 Å². The second-order valence-corrected chi connectivity index (χ2v) is 6.85. The van der Waals surface area contributed by atoms with Crippen molar-refractivity contribution in [3.63, 3.8) is 0 Å². The van der Waals surface area contributed by atoms with Gasteiger partial charge in [-0.15, -0.1) is 0 Å². The Kier molecular flexibility index (Phi) is 4.56. The van der Waals surface area contributed by atoms with Crippen LogP contribution >= 0.6 is 0 Å². The summed E-state index contributed by atoms with van der Waals surface area (Å²) in [5.74, 6) is 1.88. The highest BCUT2D eigenvalue weighted by molar-refractivity contribution is 5.93. The molecule has 1 aromatic heterocycles. The Morgan fingerprint density at radius 1 is 1.15 bits per heavy atom. The lowest BCUT2D eigenvalue weighted by Crippen LogP contribution is -2.34. The Hall–Kier alpha value is -2.89. The Morgan fingerprint density at radius 3 is 2.50 bits per heavy atom. The Morgan fingerprint density at radius 2 is 1.85 bits per heavy atom. The molecule has 1 aromatic carbocycles. The summed E-state index contributed by atoms with van der Waals surface area (Å²) < 4.78 is 5.58. The molecule has 6 nitrogen and oxygen atoms in total. The molecule has 2 aliphatic rings. The van der Waals surface area contributed by atoms with Gasteiger partial charge in [0.15, 0.2) is 0 Å². The molecule has 1 aliphatic heterocycles. The van der Waals surface area contributed by atoms with E-state index in [0.29, 0.717) is 36.5 Å². The molecule has 4 rings (SSSR count). The smallest absolute Gasteiger partial charge is 0.263 e. The summed E-state index contributed by atoms with van der Waals surface area (Å²) >= 11 is 0. The molecule has 1 saturated heterocycles. The van der Waals surface area contributed by atoms with Gasteiger partial charge in [0.05, 0.1) is 0 Å². The number of fused-ring (bicyclic) bond motifs is 1. The van der Waals surface area contributed by atoms with Crippen LogP contribution in [0.5, 0.6) is 5.75 Å². The second-order valence-electron chi connectivity index (χ2n) is 6.85. The molecule has 0 bridgehead atoms. The lowest BCUT2D eigenvalue weighted by molar-refractivity contribution is 0.0781. The van der Waals surface area contributed by atoms with Gasteiger partial charge in [-0.2, -0.15) is 0 Å². The number of rotatable bonds is 4. The Bertz CT molecular complexity index is 859. The maximum absolute atomic E-state index is 12.7. The zero-order chi connectivity index (χ0) is 17.9. The van der Waals surface area contributed by atoms with Gasteiger partial charge in [-0.3, -0.25) is 9.59 Å². The molecule has 134 valence electrons. The molecule has 1 aliphatic carbocycles. The lowest BCUT2D eigenvalue weighted by Gasteiger charge is -2.17. The number of amides is 1. The fourth-order valence-corrected chi connectivity index (χ4v) is 3.68. The fraction of sp³-hybridized carbons (Fsp3) is 0.350. The van der Waals surface area contributed by atoms with Crippen LogP contribution in [0.1, 0.15) is 29.0 Å². The number of hydrogen-bond acceptors (Lipinski definition) is 4. The molecule has 6 heteroatoms. The van der Waals surface area contributed by atoms with Gasteiger partial charge in [0, 0.05) is 19.3 Å².